The number of imidazole rings is 1. The van der Waals surface area contributed by atoms with Gasteiger partial charge in [0, 0.05) is 18.9 Å². The van der Waals surface area contributed by atoms with E-state index in [1.165, 1.54) is 22.9 Å². The summed E-state index contributed by atoms with van der Waals surface area (Å²) < 4.78 is 2.02. The number of benzene rings is 1. The van der Waals surface area contributed by atoms with Crippen LogP contribution in [-0.2, 0) is 11.3 Å². The smallest absolute Gasteiger partial charge is 0.227 e. The molecule has 0 saturated heterocycles. The van der Waals surface area contributed by atoms with Gasteiger partial charge in [0.15, 0.2) is 5.16 Å². The van der Waals surface area contributed by atoms with Crippen molar-refractivity contribution in [3.05, 3.63) is 47.8 Å². The van der Waals surface area contributed by atoms with E-state index in [1.54, 1.807) is 6.20 Å². The van der Waals surface area contributed by atoms with Crippen LogP contribution in [0.3, 0.4) is 0 Å². The number of primary amides is 1. The van der Waals surface area contributed by atoms with Crippen molar-refractivity contribution < 1.29 is 4.79 Å². The largest absolute Gasteiger partial charge is 0.369 e. The number of aromatic nitrogens is 2. The van der Waals surface area contributed by atoms with Gasteiger partial charge in [-0.3, -0.25) is 4.79 Å². The van der Waals surface area contributed by atoms with E-state index in [2.05, 4.69) is 30.1 Å². The second-order valence-electron chi connectivity index (χ2n) is 4.08. The molecule has 0 fully saturated rings. The van der Waals surface area contributed by atoms with Crippen molar-refractivity contribution in [3.8, 4) is 0 Å². The first-order chi connectivity index (χ1) is 8.65. The number of thioether (sulfide) groups is 1. The predicted molar refractivity (Wildman–Crippen MR) is 72.4 cm³/mol. The lowest BCUT2D eigenvalue weighted by Crippen LogP contribution is -2.13. The van der Waals surface area contributed by atoms with Crippen LogP contribution in [0.1, 0.15) is 11.1 Å². The number of rotatable bonds is 5. The fourth-order valence-corrected chi connectivity index (χ4v) is 2.40. The molecule has 0 spiro atoms. The molecule has 0 radical (unpaired) electrons. The lowest BCUT2D eigenvalue weighted by atomic mass is 10.1. The third-order valence-corrected chi connectivity index (χ3v) is 3.48. The Morgan fingerprint density at radius 1 is 1.50 bits per heavy atom. The van der Waals surface area contributed by atoms with Gasteiger partial charge in [-0.15, -0.1) is 0 Å². The molecule has 94 valence electrons. The van der Waals surface area contributed by atoms with Crippen molar-refractivity contribution in [1.29, 1.82) is 0 Å². The number of nitrogens with zero attached hydrogens (tertiary/aromatic N) is 2. The molecule has 0 aliphatic carbocycles. The van der Waals surface area contributed by atoms with Crippen LogP contribution in [0.2, 0.25) is 0 Å². The van der Waals surface area contributed by atoms with Crippen LogP contribution >= 0.6 is 11.8 Å². The number of hydrogen-bond donors (Lipinski definition) is 1. The van der Waals surface area contributed by atoms with Gasteiger partial charge in [0.2, 0.25) is 5.91 Å². The summed E-state index contributed by atoms with van der Waals surface area (Å²) in [7, 11) is 0. The number of carbonyl (C=O) groups excluding carboxylic acids is 1. The Bertz CT molecular complexity index is 551. The summed E-state index contributed by atoms with van der Waals surface area (Å²) in [5.74, 6) is -0.0738. The first-order valence-electron chi connectivity index (χ1n) is 5.63. The molecule has 2 aromatic rings. The molecule has 1 aromatic carbocycles. The average molecular weight is 261 g/mol. The zero-order chi connectivity index (χ0) is 13.0. The highest BCUT2D eigenvalue weighted by molar-refractivity contribution is 7.99. The molecule has 2 rings (SSSR count). The van der Waals surface area contributed by atoms with Crippen molar-refractivity contribution in [3.63, 3.8) is 0 Å². The standard InChI is InChI=1S/C13H15N3OS/c1-10-3-2-4-11(7-10)8-16-6-5-15-13(16)18-9-12(14)17/h2-7H,8-9H2,1H3,(H2,14,17). The number of aryl methyl sites for hydroxylation is 1. The molecule has 1 aromatic heterocycles. The normalized spacial score (nSPS) is 10.5. The Labute approximate surface area is 110 Å². The van der Waals surface area contributed by atoms with Gasteiger partial charge in [0.25, 0.3) is 0 Å². The molecule has 0 atom stereocenters. The van der Waals surface area contributed by atoms with Crippen LogP contribution in [0, 0.1) is 6.92 Å². The quantitative estimate of drug-likeness (QED) is 0.835. The molecule has 18 heavy (non-hydrogen) atoms. The van der Waals surface area contributed by atoms with E-state index in [-0.39, 0.29) is 11.7 Å². The molecule has 0 aliphatic heterocycles. The number of amides is 1. The summed E-state index contributed by atoms with van der Waals surface area (Å²) in [5.41, 5.74) is 7.59. The molecular weight excluding hydrogens is 246 g/mol. The molecule has 5 heteroatoms. The highest BCUT2D eigenvalue weighted by Crippen LogP contribution is 2.17. The summed E-state index contributed by atoms with van der Waals surface area (Å²) in [6.45, 7) is 2.82. The summed E-state index contributed by atoms with van der Waals surface area (Å²) >= 11 is 1.36. The third kappa shape index (κ3) is 3.37. The van der Waals surface area contributed by atoms with E-state index in [0.717, 1.165) is 11.7 Å². The Balaban J connectivity index is 2.10. The first-order valence-corrected chi connectivity index (χ1v) is 6.61. The van der Waals surface area contributed by atoms with Crippen molar-refractivity contribution in [2.45, 2.75) is 18.6 Å². The van der Waals surface area contributed by atoms with Gasteiger partial charge in [-0.2, -0.15) is 0 Å². The lowest BCUT2D eigenvalue weighted by Gasteiger charge is -2.07. The maximum atomic E-state index is 10.8. The second kappa shape index (κ2) is 5.73. The molecule has 1 amide bonds. The minimum Gasteiger partial charge on any atom is -0.369 e. The number of nitrogens with two attached hydrogens (primary N) is 1. The minimum atomic E-state index is -0.329. The van der Waals surface area contributed by atoms with Gasteiger partial charge in [0.1, 0.15) is 0 Å². The molecule has 4 nitrogen and oxygen atoms in total. The summed E-state index contributed by atoms with van der Waals surface area (Å²) in [6, 6.07) is 8.33. The van der Waals surface area contributed by atoms with Gasteiger partial charge in [-0.1, -0.05) is 41.6 Å². The first kappa shape index (κ1) is 12.7. The lowest BCUT2D eigenvalue weighted by molar-refractivity contribution is -0.115. The van der Waals surface area contributed by atoms with E-state index in [0.29, 0.717) is 0 Å². The predicted octanol–water partition coefficient (Wildman–Crippen LogP) is 1.82. The molecule has 0 bridgehead atoms. The van der Waals surface area contributed by atoms with Crippen LogP contribution in [0.15, 0.2) is 41.8 Å². The summed E-state index contributed by atoms with van der Waals surface area (Å²) in [6.07, 6.45) is 3.64. The fraction of sp³-hybridized carbons (Fsp3) is 0.231. The van der Waals surface area contributed by atoms with Crippen molar-refractivity contribution >= 4 is 17.7 Å². The van der Waals surface area contributed by atoms with Crippen LogP contribution in [0.4, 0.5) is 0 Å². The Morgan fingerprint density at radius 2 is 2.33 bits per heavy atom. The monoisotopic (exact) mass is 261 g/mol. The van der Waals surface area contributed by atoms with Gasteiger partial charge < -0.3 is 10.3 Å². The fourth-order valence-electron chi connectivity index (χ4n) is 1.70. The zero-order valence-electron chi connectivity index (χ0n) is 10.2. The van der Waals surface area contributed by atoms with Crippen LogP contribution < -0.4 is 5.73 Å². The number of hydrogen-bond acceptors (Lipinski definition) is 3. The van der Waals surface area contributed by atoms with Crippen molar-refractivity contribution in [2.24, 2.45) is 5.73 Å². The molecule has 2 N–H and O–H groups in total. The van der Waals surface area contributed by atoms with Crippen molar-refractivity contribution in [2.75, 3.05) is 5.75 Å². The molecule has 0 aliphatic rings. The number of carbonyl (C=O) groups is 1. The van der Waals surface area contributed by atoms with E-state index in [1.807, 2.05) is 16.8 Å². The van der Waals surface area contributed by atoms with Crippen LogP contribution in [-0.4, -0.2) is 21.2 Å². The molecule has 0 saturated carbocycles. The van der Waals surface area contributed by atoms with Crippen LogP contribution in [0.25, 0.3) is 0 Å². The molecule has 0 unspecified atom stereocenters. The van der Waals surface area contributed by atoms with Gasteiger partial charge in [0.05, 0.1) is 5.75 Å². The molecular formula is C13H15N3OS. The van der Waals surface area contributed by atoms with Crippen LogP contribution in [0.5, 0.6) is 0 Å². The van der Waals surface area contributed by atoms with Gasteiger partial charge >= 0.3 is 0 Å². The SMILES string of the molecule is Cc1cccc(Cn2ccnc2SCC(N)=O)c1. The summed E-state index contributed by atoms with van der Waals surface area (Å²) in [5, 5.41) is 0.815. The topological polar surface area (TPSA) is 60.9 Å². The van der Waals surface area contributed by atoms with Gasteiger partial charge in [-0.25, -0.2) is 4.98 Å². The highest BCUT2D eigenvalue weighted by Gasteiger charge is 2.06. The van der Waals surface area contributed by atoms with Crippen molar-refractivity contribution in [1.82, 2.24) is 9.55 Å². The zero-order valence-corrected chi connectivity index (χ0v) is 11.0. The second-order valence-corrected chi connectivity index (χ2v) is 5.02. The van der Waals surface area contributed by atoms with E-state index in [9.17, 15) is 4.79 Å². The van der Waals surface area contributed by atoms with E-state index < -0.39 is 0 Å². The summed E-state index contributed by atoms with van der Waals surface area (Å²) in [4.78, 5) is 15.0. The Kier molecular flexibility index (Phi) is 4.04. The van der Waals surface area contributed by atoms with E-state index in [4.69, 9.17) is 5.73 Å². The minimum absolute atomic E-state index is 0.255. The highest BCUT2D eigenvalue weighted by atomic mass is 32.2. The van der Waals surface area contributed by atoms with E-state index >= 15 is 0 Å². The third-order valence-electron chi connectivity index (χ3n) is 2.46. The van der Waals surface area contributed by atoms with Gasteiger partial charge in [-0.05, 0) is 12.5 Å². The average Bonchev–Trinajstić information content (AvgIpc) is 2.74. The maximum Gasteiger partial charge on any atom is 0.227 e. The molecule has 1 heterocycles. The maximum absolute atomic E-state index is 10.8. The Morgan fingerprint density at radius 3 is 3.06 bits per heavy atom. The Hall–Kier alpha value is -1.75.